The Hall–Kier alpha value is -1.34. The van der Waals surface area contributed by atoms with E-state index in [2.05, 4.69) is 0 Å². The van der Waals surface area contributed by atoms with Gasteiger partial charge in [-0.3, -0.25) is 4.79 Å². The Labute approximate surface area is 119 Å². The van der Waals surface area contributed by atoms with Gasteiger partial charge in [-0.1, -0.05) is 0 Å². The predicted octanol–water partition coefficient (Wildman–Crippen LogP) is -0.824. The van der Waals surface area contributed by atoms with E-state index in [9.17, 15) is 9.59 Å². The van der Waals surface area contributed by atoms with Crippen LogP contribution in [0.25, 0.3) is 0 Å². The molecule has 7 heteroatoms. The first-order chi connectivity index (χ1) is 9.36. The standard InChI is InChI=1S/C13H24N4O3/c1-13(9-20-8-10(13)14)11(18)16-4-6-17(7-5-16)12(19)15(2)3/h10H,4-9,14H2,1-3H3. The molecule has 0 aromatic carbocycles. The molecule has 0 saturated carbocycles. The summed E-state index contributed by atoms with van der Waals surface area (Å²) in [5.41, 5.74) is 5.36. The first-order valence-electron chi connectivity index (χ1n) is 6.95. The van der Waals surface area contributed by atoms with Crippen molar-refractivity contribution in [2.75, 3.05) is 53.5 Å². The third-order valence-electron chi connectivity index (χ3n) is 4.23. The number of urea groups is 1. The fourth-order valence-corrected chi connectivity index (χ4v) is 2.65. The largest absolute Gasteiger partial charge is 0.379 e. The first kappa shape index (κ1) is 15.1. The maximum Gasteiger partial charge on any atom is 0.319 e. The highest BCUT2D eigenvalue weighted by atomic mass is 16.5. The van der Waals surface area contributed by atoms with Gasteiger partial charge in [-0.25, -0.2) is 4.79 Å². The molecule has 114 valence electrons. The predicted molar refractivity (Wildman–Crippen MR) is 74.1 cm³/mol. The molecular weight excluding hydrogens is 260 g/mol. The fraction of sp³-hybridized carbons (Fsp3) is 0.846. The highest BCUT2D eigenvalue weighted by Gasteiger charge is 2.46. The number of ether oxygens (including phenoxy) is 1. The van der Waals surface area contributed by atoms with Gasteiger partial charge in [0.25, 0.3) is 0 Å². The molecule has 0 bridgehead atoms. The van der Waals surface area contributed by atoms with Crippen molar-refractivity contribution < 1.29 is 14.3 Å². The van der Waals surface area contributed by atoms with Gasteiger partial charge in [0.1, 0.15) is 0 Å². The Balaban J connectivity index is 1.94. The maximum atomic E-state index is 12.6. The van der Waals surface area contributed by atoms with E-state index < -0.39 is 5.41 Å². The van der Waals surface area contributed by atoms with Crippen LogP contribution in [0.4, 0.5) is 4.79 Å². The van der Waals surface area contributed by atoms with Crippen LogP contribution < -0.4 is 5.73 Å². The van der Waals surface area contributed by atoms with Crippen LogP contribution in [-0.4, -0.2) is 86.2 Å². The SMILES string of the molecule is CN(C)C(=O)N1CCN(C(=O)C2(C)COCC2N)CC1. The number of hydrogen-bond donors (Lipinski definition) is 1. The zero-order chi connectivity index (χ0) is 14.9. The van der Waals surface area contributed by atoms with Crippen molar-refractivity contribution in [3.63, 3.8) is 0 Å². The number of amides is 3. The molecule has 2 atom stereocenters. The molecule has 7 nitrogen and oxygen atoms in total. The molecule has 0 aliphatic carbocycles. The van der Waals surface area contributed by atoms with Gasteiger partial charge in [0.05, 0.1) is 18.6 Å². The normalized spacial score (nSPS) is 30.5. The average molecular weight is 284 g/mol. The average Bonchev–Trinajstić information content (AvgIpc) is 2.78. The second kappa shape index (κ2) is 5.57. The molecule has 0 radical (unpaired) electrons. The highest BCUT2D eigenvalue weighted by molar-refractivity contribution is 5.84. The molecule has 0 aromatic rings. The van der Waals surface area contributed by atoms with Crippen LogP contribution in [-0.2, 0) is 9.53 Å². The Bertz CT molecular complexity index is 393. The van der Waals surface area contributed by atoms with Gasteiger partial charge in [-0.05, 0) is 6.92 Å². The van der Waals surface area contributed by atoms with Crippen molar-refractivity contribution in [1.29, 1.82) is 0 Å². The molecule has 0 spiro atoms. The number of piperazine rings is 1. The zero-order valence-electron chi connectivity index (χ0n) is 12.5. The number of rotatable bonds is 1. The molecule has 20 heavy (non-hydrogen) atoms. The van der Waals surface area contributed by atoms with Crippen molar-refractivity contribution in [3.05, 3.63) is 0 Å². The van der Waals surface area contributed by atoms with E-state index in [1.54, 1.807) is 28.8 Å². The van der Waals surface area contributed by atoms with Crippen LogP contribution >= 0.6 is 0 Å². The summed E-state index contributed by atoms with van der Waals surface area (Å²) >= 11 is 0. The van der Waals surface area contributed by atoms with Gasteiger partial charge in [0, 0.05) is 46.3 Å². The first-order valence-corrected chi connectivity index (χ1v) is 6.95. The Kier molecular flexibility index (Phi) is 4.19. The van der Waals surface area contributed by atoms with Crippen LogP contribution in [0.1, 0.15) is 6.92 Å². The van der Waals surface area contributed by atoms with E-state index in [1.807, 2.05) is 6.92 Å². The van der Waals surface area contributed by atoms with Crippen molar-refractivity contribution in [2.24, 2.45) is 11.1 Å². The summed E-state index contributed by atoms with van der Waals surface area (Å²) in [4.78, 5) is 29.6. The third-order valence-corrected chi connectivity index (χ3v) is 4.23. The third kappa shape index (κ3) is 2.60. The summed E-state index contributed by atoms with van der Waals surface area (Å²) in [5, 5.41) is 0. The van der Waals surface area contributed by atoms with E-state index >= 15 is 0 Å². The van der Waals surface area contributed by atoms with Gasteiger partial charge < -0.3 is 25.2 Å². The lowest BCUT2D eigenvalue weighted by molar-refractivity contribution is -0.143. The lowest BCUT2D eigenvalue weighted by Gasteiger charge is -2.39. The van der Waals surface area contributed by atoms with Gasteiger partial charge in [0.2, 0.25) is 5.91 Å². The molecule has 2 N–H and O–H groups in total. The lowest BCUT2D eigenvalue weighted by atomic mass is 9.84. The van der Waals surface area contributed by atoms with E-state index in [0.717, 1.165) is 0 Å². The number of nitrogens with two attached hydrogens (primary N) is 1. The second-order valence-electron chi connectivity index (χ2n) is 6.00. The Morgan fingerprint density at radius 3 is 2.20 bits per heavy atom. The van der Waals surface area contributed by atoms with Crippen molar-refractivity contribution in [2.45, 2.75) is 13.0 Å². The van der Waals surface area contributed by atoms with E-state index in [4.69, 9.17) is 10.5 Å². The summed E-state index contributed by atoms with van der Waals surface area (Å²) < 4.78 is 5.33. The highest BCUT2D eigenvalue weighted by Crippen LogP contribution is 2.29. The summed E-state index contributed by atoms with van der Waals surface area (Å²) in [6.07, 6.45) is 0. The van der Waals surface area contributed by atoms with Gasteiger partial charge in [-0.2, -0.15) is 0 Å². The summed E-state index contributed by atoms with van der Waals surface area (Å²) in [6, 6.07) is -0.263. The van der Waals surface area contributed by atoms with Crippen LogP contribution in [0.15, 0.2) is 0 Å². The van der Waals surface area contributed by atoms with Gasteiger partial charge >= 0.3 is 6.03 Å². The van der Waals surface area contributed by atoms with Crippen LogP contribution in [0, 0.1) is 5.41 Å². The van der Waals surface area contributed by atoms with Crippen LogP contribution in [0.2, 0.25) is 0 Å². The monoisotopic (exact) mass is 284 g/mol. The molecule has 2 aliphatic heterocycles. The fourth-order valence-electron chi connectivity index (χ4n) is 2.65. The zero-order valence-corrected chi connectivity index (χ0v) is 12.5. The number of carbonyl (C=O) groups is 2. The second-order valence-corrected chi connectivity index (χ2v) is 6.00. The molecule has 2 fully saturated rings. The smallest absolute Gasteiger partial charge is 0.319 e. The number of nitrogens with zero attached hydrogens (tertiary/aromatic N) is 3. The van der Waals surface area contributed by atoms with E-state index in [1.165, 1.54) is 0 Å². The van der Waals surface area contributed by atoms with Crippen molar-refractivity contribution in [3.8, 4) is 0 Å². The molecule has 3 amide bonds. The molecule has 2 rings (SSSR count). The molecule has 2 heterocycles. The molecule has 2 saturated heterocycles. The molecular formula is C13H24N4O3. The van der Waals surface area contributed by atoms with Crippen molar-refractivity contribution >= 4 is 11.9 Å². The topological polar surface area (TPSA) is 79.1 Å². The summed E-state index contributed by atoms with van der Waals surface area (Å²) in [6.45, 7) is 4.92. The van der Waals surface area contributed by atoms with Crippen molar-refractivity contribution in [1.82, 2.24) is 14.7 Å². The minimum atomic E-state index is -0.631. The Morgan fingerprint density at radius 1 is 1.20 bits per heavy atom. The quantitative estimate of drug-likeness (QED) is 0.682. The summed E-state index contributed by atoms with van der Waals surface area (Å²) in [7, 11) is 3.46. The number of hydrogen-bond acceptors (Lipinski definition) is 4. The minimum absolute atomic E-state index is 0.00999. The van der Waals surface area contributed by atoms with E-state index in [-0.39, 0.29) is 18.0 Å². The Morgan fingerprint density at radius 2 is 1.75 bits per heavy atom. The molecule has 2 aliphatic rings. The number of carbonyl (C=O) groups excluding carboxylic acids is 2. The van der Waals surface area contributed by atoms with E-state index in [0.29, 0.717) is 39.4 Å². The summed E-state index contributed by atoms with van der Waals surface area (Å²) in [5.74, 6) is 0.0412. The molecule has 0 aromatic heterocycles. The van der Waals surface area contributed by atoms with Crippen LogP contribution in [0.3, 0.4) is 0 Å². The lowest BCUT2D eigenvalue weighted by Crippen LogP contribution is -2.58. The molecule has 2 unspecified atom stereocenters. The minimum Gasteiger partial charge on any atom is -0.379 e. The maximum absolute atomic E-state index is 12.6. The van der Waals surface area contributed by atoms with Gasteiger partial charge in [0.15, 0.2) is 0 Å². The van der Waals surface area contributed by atoms with Crippen LogP contribution in [0.5, 0.6) is 0 Å². The van der Waals surface area contributed by atoms with Gasteiger partial charge in [-0.15, -0.1) is 0 Å².